The van der Waals surface area contributed by atoms with Gasteiger partial charge in [-0.15, -0.1) is 0 Å². The number of carbonyl (C=O) groups is 1. The van der Waals surface area contributed by atoms with Crippen LogP contribution >= 0.6 is 0 Å². The first-order chi connectivity index (χ1) is 29.5. The summed E-state index contributed by atoms with van der Waals surface area (Å²) >= 11 is 0. The summed E-state index contributed by atoms with van der Waals surface area (Å²) in [5.74, 6) is -0.624. The molecule has 0 spiro atoms. The fourth-order valence-corrected chi connectivity index (χ4v) is 7.65. The lowest BCUT2D eigenvalue weighted by Crippen LogP contribution is -2.67. The van der Waals surface area contributed by atoms with Crippen molar-refractivity contribution >= 4 is 5.97 Å². The van der Waals surface area contributed by atoms with Crippen LogP contribution in [0.3, 0.4) is 0 Å². The smallest absolute Gasteiger partial charge is 0.338 e. The predicted molar refractivity (Wildman–Crippen MR) is 217 cm³/mol. The van der Waals surface area contributed by atoms with Gasteiger partial charge < -0.3 is 52.5 Å². The third kappa shape index (κ3) is 10.4. The van der Waals surface area contributed by atoms with Gasteiger partial charge >= 0.3 is 5.97 Å². The minimum absolute atomic E-state index is 0.0689. The summed E-state index contributed by atoms with van der Waals surface area (Å²) in [6.45, 7) is 0.882. The maximum Gasteiger partial charge on any atom is 0.338 e. The van der Waals surface area contributed by atoms with E-state index in [4.69, 9.17) is 47.4 Å². The lowest BCUT2D eigenvalue weighted by Gasteiger charge is -2.50. The first kappa shape index (κ1) is 41.9. The SMILES string of the molecule is CO[C@H]1O[C@@H]2COC(c3ccccc3)O[C@H]2[C@H](O[C@@H]2O[C@H](COCc3ccccc3)[C@@H](OCc3ccccc3)[C@H](OCc3ccccc3)[C@H]2O)[C@H]1OC(=O)c1ccccc1. The third-order valence-electron chi connectivity index (χ3n) is 10.7. The molecular weight excluding hydrogens is 769 g/mol. The molecule has 0 amide bonds. The molecule has 0 radical (unpaired) electrons. The van der Waals surface area contributed by atoms with Crippen molar-refractivity contribution in [3.05, 3.63) is 179 Å². The van der Waals surface area contributed by atoms with E-state index in [1.54, 1.807) is 24.3 Å². The van der Waals surface area contributed by atoms with Gasteiger partial charge in [-0.3, -0.25) is 0 Å². The Balaban J connectivity index is 1.12. The topological polar surface area (TPSA) is 130 Å². The van der Waals surface area contributed by atoms with Gasteiger partial charge in [0.05, 0.1) is 38.6 Å². The van der Waals surface area contributed by atoms with Crippen LogP contribution in [0.2, 0.25) is 0 Å². The van der Waals surface area contributed by atoms with Gasteiger partial charge in [0.2, 0.25) is 0 Å². The molecule has 5 aromatic carbocycles. The second-order valence-corrected chi connectivity index (χ2v) is 14.8. The second-order valence-electron chi connectivity index (χ2n) is 14.8. The second kappa shape index (κ2) is 20.6. The van der Waals surface area contributed by atoms with E-state index in [0.717, 1.165) is 22.3 Å². The van der Waals surface area contributed by atoms with Crippen LogP contribution in [-0.4, -0.2) is 92.8 Å². The molecule has 8 rings (SSSR count). The van der Waals surface area contributed by atoms with Crippen molar-refractivity contribution in [2.75, 3.05) is 20.3 Å². The molecule has 0 aromatic heterocycles. The monoisotopic (exact) mass is 818 g/mol. The number of rotatable bonds is 16. The van der Waals surface area contributed by atoms with E-state index in [9.17, 15) is 9.90 Å². The first-order valence-corrected chi connectivity index (χ1v) is 20.2. The zero-order valence-corrected chi connectivity index (χ0v) is 33.3. The Kier molecular flexibility index (Phi) is 14.4. The van der Waals surface area contributed by atoms with Crippen LogP contribution < -0.4 is 0 Å². The number of benzene rings is 5. The van der Waals surface area contributed by atoms with E-state index in [-0.39, 0.29) is 26.4 Å². The Morgan fingerprint density at radius 3 is 1.77 bits per heavy atom. The number of ether oxygens (including phenoxy) is 10. The molecule has 3 heterocycles. The Morgan fingerprint density at radius 2 is 1.17 bits per heavy atom. The number of aliphatic hydroxyl groups excluding tert-OH is 1. The Hall–Kier alpha value is -4.83. The summed E-state index contributed by atoms with van der Waals surface area (Å²) in [6, 6.07) is 47.3. The van der Waals surface area contributed by atoms with Crippen molar-refractivity contribution < 1.29 is 57.3 Å². The summed E-state index contributed by atoms with van der Waals surface area (Å²) in [4.78, 5) is 13.7. The highest BCUT2D eigenvalue weighted by Gasteiger charge is 2.56. The van der Waals surface area contributed by atoms with Crippen molar-refractivity contribution in [2.24, 2.45) is 0 Å². The summed E-state index contributed by atoms with van der Waals surface area (Å²) in [7, 11) is 1.46. The molecule has 314 valence electrons. The fourth-order valence-electron chi connectivity index (χ4n) is 7.65. The number of hydrogen-bond acceptors (Lipinski definition) is 12. The normalized spacial score (nSPS) is 29.0. The van der Waals surface area contributed by atoms with Crippen molar-refractivity contribution in [2.45, 2.75) is 87.5 Å². The molecule has 12 heteroatoms. The van der Waals surface area contributed by atoms with Gasteiger partial charge in [-0.25, -0.2) is 4.79 Å². The number of aliphatic hydroxyl groups is 1. The quantitative estimate of drug-likeness (QED) is 0.108. The lowest BCUT2D eigenvalue weighted by atomic mass is 9.95. The molecule has 3 fully saturated rings. The van der Waals surface area contributed by atoms with Crippen LogP contribution in [0, 0.1) is 0 Å². The predicted octanol–water partition coefficient (Wildman–Crippen LogP) is 6.56. The van der Waals surface area contributed by atoms with Gasteiger partial charge in [-0.1, -0.05) is 140 Å². The summed E-state index contributed by atoms with van der Waals surface area (Å²) in [6.07, 6.45) is -11.1. The van der Waals surface area contributed by atoms with E-state index in [0.29, 0.717) is 12.2 Å². The lowest BCUT2D eigenvalue weighted by molar-refractivity contribution is -0.392. The molecule has 1 N–H and O–H groups in total. The highest BCUT2D eigenvalue weighted by atomic mass is 16.8. The van der Waals surface area contributed by atoms with Gasteiger partial charge in [0.25, 0.3) is 0 Å². The maximum absolute atomic E-state index is 13.7. The van der Waals surface area contributed by atoms with Crippen LogP contribution in [0.5, 0.6) is 0 Å². The molecule has 0 aliphatic carbocycles. The van der Waals surface area contributed by atoms with E-state index >= 15 is 0 Å². The highest BCUT2D eigenvalue weighted by molar-refractivity contribution is 5.89. The van der Waals surface area contributed by atoms with Crippen molar-refractivity contribution in [3.8, 4) is 0 Å². The zero-order chi connectivity index (χ0) is 41.1. The van der Waals surface area contributed by atoms with Crippen molar-refractivity contribution in [3.63, 3.8) is 0 Å². The summed E-state index contributed by atoms with van der Waals surface area (Å²) < 4.78 is 64.2. The molecule has 12 nitrogen and oxygen atoms in total. The average molecular weight is 819 g/mol. The zero-order valence-electron chi connectivity index (χ0n) is 33.3. The molecule has 0 bridgehead atoms. The van der Waals surface area contributed by atoms with E-state index in [1.165, 1.54) is 7.11 Å². The average Bonchev–Trinajstić information content (AvgIpc) is 3.31. The molecular formula is C48H50O12. The minimum Gasteiger partial charge on any atom is -0.450 e. The van der Waals surface area contributed by atoms with Gasteiger partial charge in [0, 0.05) is 12.7 Å². The van der Waals surface area contributed by atoms with Gasteiger partial charge in [-0.2, -0.15) is 0 Å². The standard InChI is InChI=1S/C48H50O12/c1-51-48-44(58-45(50)35-23-13-5-14-24-35)43(41-38(57-48)31-55-46(59-41)36-25-15-6-16-26-36)60-47-39(49)42(54-29-34-21-11-4-12-22-34)40(53-28-33-19-9-3-10-20-33)37(56-47)30-52-27-32-17-7-2-8-18-32/h2-26,37-44,46-49H,27-31H2,1H3/t37-,38-,39-,40-,41-,42-,43+,44-,46?,47+,48+/m1/s1. The Labute approximate surface area is 349 Å². The number of hydrogen-bond donors (Lipinski definition) is 1. The molecule has 3 saturated heterocycles. The first-order valence-electron chi connectivity index (χ1n) is 20.2. The van der Waals surface area contributed by atoms with Crippen molar-refractivity contribution in [1.82, 2.24) is 0 Å². The summed E-state index contributed by atoms with van der Waals surface area (Å²) in [5.41, 5.74) is 3.91. The molecule has 0 saturated carbocycles. The minimum atomic E-state index is -1.41. The van der Waals surface area contributed by atoms with Crippen LogP contribution in [0.15, 0.2) is 152 Å². The van der Waals surface area contributed by atoms with Crippen LogP contribution in [0.1, 0.15) is 38.9 Å². The van der Waals surface area contributed by atoms with Crippen LogP contribution in [0.4, 0.5) is 0 Å². The number of carbonyl (C=O) groups excluding carboxylic acids is 1. The molecule has 3 aliphatic heterocycles. The van der Waals surface area contributed by atoms with Crippen LogP contribution in [0.25, 0.3) is 0 Å². The van der Waals surface area contributed by atoms with E-state index in [1.807, 2.05) is 127 Å². The Bertz CT molecular complexity index is 2030. The molecule has 11 atom stereocenters. The Morgan fingerprint density at radius 1 is 0.617 bits per heavy atom. The maximum atomic E-state index is 13.7. The number of fused-ring (bicyclic) bond motifs is 1. The molecule has 60 heavy (non-hydrogen) atoms. The van der Waals surface area contributed by atoms with Crippen molar-refractivity contribution in [1.29, 1.82) is 0 Å². The third-order valence-corrected chi connectivity index (χ3v) is 10.7. The summed E-state index contributed by atoms with van der Waals surface area (Å²) in [5, 5.41) is 12.4. The number of methoxy groups -OCH3 is 1. The van der Waals surface area contributed by atoms with Gasteiger partial charge in [0.15, 0.2) is 25.0 Å². The van der Waals surface area contributed by atoms with Gasteiger partial charge in [-0.05, 0) is 28.8 Å². The molecule has 1 unspecified atom stereocenters. The van der Waals surface area contributed by atoms with E-state index < -0.39 is 73.7 Å². The molecule has 3 aliphatic rings. The number of esters is 1. The van der Waals surface area contributed by atoms with E-state index in [2.05, 4.69) is 0 Å². The van der Waals surface area contributed by atoms with Crippen LogP contribution in [-0.2, 0) is 67.2 Å². The fraction of sp³-hybridized carbons (Fsp3) is 0.354. The largest absolute Gasteiger partial charge is 0.450 e. The highest BCUT2D eigenvalue weighted by Crippen LogP contribution is 2.39. The van der Waals surface area contributed by atoms with Gasteiger partial charge in [0.1, 0.15) is 42.7 Å². The molecule has 5 aromatic rings.